The summed E-state index contributed by atoms with van der Waals surface area (Å²) in [6, 6.07) is 21.6. The van der Waals surface area contributed by atoms with Crippen LogP contribution < -0.4 is 10.6 Å². The van der Waals surface area contributed by atoms with Crippen LogP contribution in [0.5, 0.6) is 0 Å². The first-order valence-electron chi connectivity index (χ1n) is 9.55. The third-order valence-electron chi connectivity index (χ3n) is 5.17. The van der Waals surface area contributed by atoms with E-state index in [1.165, 1.54) is 5.56 Å². The molecule has 2 aromatic carbocycles. The van der Waals surface area contributed by atoms with Crippen LogP contribution in [0.2, 0.25) is 0 Å². The second-order valence-corrected chi connectivity index (χ2v) is 7.03. The van der Waals surface area contributed by atoms with Gasteiger partial charge in [0.1, 0.15) is 0 Å². The first-order valence-corrected chi connectivity index (χ1v) is 9.55. The highest BCUT2D eigenvalue weighted by atomic mass is 16.1. The maximum absolute atomic E-state index is 12.0. The second kappa shape index (κ2) is 9.51. The molecule has 4 heteroatoms. The van der Waals surface area contributed by atoms with Crippen molar-refractivity contribution in [1.82, 2.24) is 15.5 Å². The van der Waals surface area contributed by atoms with Crippen molar-refractivity contribution in [2.24, 2.45) is 0 Å². The van der Waals surface area contributed by atoms with E-state index < -0.39 is 0 Å². The van der Waals surface area contributed by atoms with E-state index in [2.05, 4.69) is 52.8 Å². The first kappa shape index (κ1) is 18.6. The highest BCUT2D eigenvalue weighted by molar-refractivity contribution is 5.76. The largest absolute Gasteiger partial charge is 0.352 e. The quantitative estimate of drug-likeness (QED) is 0.768. The normalized spacial score (nSPS) is 18.6. The summed E-state index contributed by atoms with van der Waals surface area (Å²) >= 11 is 0. The molecule has 2 atom stereocenters. The Balaban J connectivity index is 1.34. The fraction of sp³-hybridized carbons (Fsp3) is 0.409. The summed E-state index contributed by atoms with van der Waals surface area (Å²) in [6.07, 6.45) is 1.67. The molecule has 2 aromatic rings. The van der Waals surface area contributed by atoms with Crippen LogP contribution in [0.25, 0.3) is 0 Å². The monoisotopic (exact) mass is 351 g/mol. The van der Waals surface area contributed by atoms with Crippen LogP contribution in [-0.4, -0.2) is 36.5 Å². The van der Waals surface area contributed by atoms with Crippen molar-refractivity contribution >= 4 is 5.91 Å². The maximum atomic E-state index is 12.0. The number of nitrogens with zero attached hydrogens (tertiary/aromatic N) is 1. The van der Waals surface area contributed by atoms with Crippen LogP contribution in [0, 0.1) is 0 Å². The predicted octanol–water partition coefficient (Wildman–Crippen LogP) is 3.12. The summed E-state index contributed by atoms with van der Waals surface area (Å²) in [5.41, 5.74) is 2.50. The van der Waals surface area contributed by atoms with Crippen molar-refractivity contribution < 1.29 is 4.79 Å². The lowest BCUT2D eigenvalue weighted by Crippen LogP contribution is -2.36. The predicted molar refractivity (Wildman–Crippen MR) is 106 cm³/mol. The summed E-state index contributed by atoms with van der Waals surface area (Å²) in [7, 11) is 0. The van der Waals surface area contributed by atoms with Crippen LogP contribution in [0.1, 0.15) is 36.9 Å². The first-order chi connectivity index (χ1) is 12.7. The molecule has 0 aliphatic carbocycles. The number of nitrogens with one attached hydrogen (secondary N) is 2. The Morgan fingerprint density at radius 3 is 2.54 bits per heavy atom. The molecule has 1 saturated heterocycles. The zero-order valence-corrected chi connectivity index (χ0v) is 15.5. The van der Waals surface area contributed by atoms with E-state index in [-0.39, 0.29) is 5.91 Å². The van der Waals surface area contributed by atoms with Gasteiger partial charge in [-0.15, -0.1) is 0 Å². The molecule has 1 aliphatic rings. The molecule has 26 heavy (non-hydrogen) atoms. The van der Waals surface area contributed by atoms with Crippen molar-refractivity contribution in [3.63, 3.8) is 0 Å². The van der Waals surface area contributed by atoms with E-state index >= 15 is 0 Å². The number of amides is 1. The van der Waals surface area contributed by atoms with Crippen LogP contribution >= 0.6 is 0 Å². The molecule has 0 unspecified atom stereocenters. The number of likely N-dealkylation sites (tertiary alicyclic amines) is 1. The van der Waals surface area contributed by atoms with Gasteiger partial charge in [-0.05, 0) is 24.5 Å². The standard InChI is InChI=1S/C22H29N3O/c1-18(20-10-6-3-7-11-20)25-15-13-21(17-25)23-14-12-22(26)24-16-19-8-4-2-5-9-19/h2-11,18,21,23H,12-17H2,1H3,(H,24,26)/t18-,21-/m1/s1. The minimum atomic E-state index is 0.105. The number of carbonyl (C=O) groups is 1. The topological polar surface area (TPSA) is 44.4 Å². The number of rotatable bonds is 8. The van der Waals surface area contributed by atoms with Gasteiger partial charge in [-0.3, -0.25) is 9.69 Å². The molecule has 0 spiro atoms. The number of hydrogen-bond acceptors (Lipinski definition) is 3. The minimum absolute atomic E-state index is 0.105. The average Bonchev–Trinajstić information content (AvgIpc) is 3.16. The molecule has 1 amide bonds. The maximum Gasteiger partial charge on any atom is 0.221 e. The van der Waals surface area contributed by atoms with Crippen LogP contribution in [0.3, 0.4) is 0 Å². The van der Waals surface area contributed by atoms with Gasteiger partial charge in [0.25, 0.3) is 0 Å². The van der Waals surface area contributed by atoms with E-state index in [0.29, 0.717) is 25.0 Å². The van der Waals surface area contributed by atoms with Crippen LogP contribution in [0.15, 0.2) is 60.7 Å². The van der Waals surface area contributed by atoms with Crippen molar-refractivity contribution in [2.45, 2.75) is 38.4 Å². The number of hydrogen-bond donors (Lipinski definition) is 2. The van der Waals surface area contributed by atoms with Crippen molar-refractivity contribution in [2.75, 3.05) is 19.6 Å². The molecule has 0 saturated carbocycles. The fourth-order valence-electron chi connectivity index (χ4n) is 3.52. The minimum Gasteiger partial charge on any atom is -0.352 e. The molecule has 1 aliphatic heterocycles. The van der Waals surface area contributed by atoms with Gasteiger partial charge in [0, 0.05) is 44.7 Å². The molecule has 4 nitrogen and oxygen atoms in total. The zero-order valence-electron chi connectivity index (χ0n) is 15.5. The number of benzene rings is 2. The lowest BCUT2D eigenvalue weighted by atomic mass is 10.1. The SMILES string of the molecule is C[C@H](c1ccccc1)N1CC[C@@H](NCCC(=O)NCc2ccccc2)C1. The summed E-state index contributed by atoms with van der Waals surface area (Å²) in [5, 5.41) is 6.53. The van der Waals surface area contributed by atoms with Gasteiger partial charge >= 0.3 is 0 Å². The lowest BCUT2D eigenvalue weighted by Gasteiger charge is -2.24. The Bertz CT molecular complexity index is 674. The Hall–Kier alpha value is -2.17. The highest BCUT2D eigenvalue weighted by Crippen LogP contribution is 2.24. The summed E-state index contributed by atoms with van der Waals surface area (Å²) in [4.78, 5) is 14.5. The van der Waals surface area contributed by atoms with Gasteiger partial charge in [0.2, 0.25) is 5.91 Å². The second-order valence-electron chi connectivity index (χ2n) is 7.03. The van der Waals surface area contributed by atoms with Crippen LogP contribution in [-0.2, 0) is 11.3 Å². The molecule has 0 radical (unpaired) electrons. The molecule has 2 N–H and O–H groups in total. The zero-order chi connectivity index (χ0) is 18.2. The van der Waals surface area contributed by atoms with Gasteiger partial charge in [0.15, 0.2) is 0 Å². The molecular weight excluding hydrogens is 322 g/mol. The Morgan fingerprint density at radius 1 is 1.12 bits per heavy atom. The summed E-state index contributed by atoms with van der Waals surface area (Å²) < 4.78 is 0. The highest BCUT2D eigenvalue weighted by Gasteiger charge is 2.26. The molecule has 0 bridgehead atoms. The summed E-state index contributed by atoms with van der Waals surface area (Å²) in [5.74, 6) is 0.105. The lowest BCUT2D eigenvalue weighted by molar-refractivity contribution is -0.121. The molecular formula is C22H29N3O. The average molecular weight is 351 g/mol. The molecule has 1 heterocycles. The van der Waals surface area contributed by atoms with Crippen molar-refractivity contribution in [3.8, 4) is 0 Å². The molecule has 0 aromatic heterocycles. The number of carbonyl (C=O) groups excluding carboxylic acids is 1. The fourth-order valence-corrected chi connectivity index (χ4v) is 3.52. The van der Waals surface area contributed by atoms with E-state index in [1.807, 2.05) is 30.3 Å². The van der Waals surface area contributed by atoms with E-state index in [4.69, 9.17) is 0 Å². The third kappa shape index (κ3) is 5.41. The van der Waals surface area contributed by atoms with Gasteiger partial charge in [-0.25, -0.2) is 0 Å². The van der Waals surface area contributed by atoms with Gasteiger partial charge in [-0.2, -0.15) is 0 Å². The Labute approximate surface area is 156 Å². The van der Waals surface area contributed by atoms with Gasteiger partial charge < -0.3 is 10.6 Å². The van der Waals surface area contributed by atoms with E-state index in [0.717, 1.165) is 31.6 Å². The van der Waals surface area contributed by atoms with E-state index in [1.54, 1.807) is 0 Å². The van der Waals surface area contributed by atoms with Crippen molar-refractivity contribution in [3.05, 3.63) is 71.8 Å². The van der Waals surface area contributed by atoms with Gasteiger partial charge in [0.05, 0.1) is 0 Å². The Kier molecular flexibility index (Phi) is 6.81. The molecule has 138 valence electrons. The third-order valence-corrected chi connectivity index (χ3v) is 5.17. The Morgan fingerprint density at radius 2 is 1.81 bits per heavy atom. The smallest absolute Gasteiger partial charge is 0.221 e. The summed E-state index contributed by atoms with van der Waals surface area (Å²) in [6.45, 7) is 5.76. The van der Waals surface area contributed by atoms with Gasteiger partial charge in [-0.1, -0.05) is 60.7 Å². The van der Waals surface area contributed by atoms with Crippen molar-refractivity contribution in [1.29, 1.82) is 0 Å². The molecule has 1 fully saturated rings. The molecule has 3 rings (SSSR count). The van der Waals surface area contributed by atoms with E-state index in [9.17, 15) is 4.79 Å². The van der Waals surface area contributed by atoms with Crippen LogP contribution in [0.4, 0.5) is 0 Å².